The fourth-order valence-electron chi connectivity index (χ4n) is 2.40. The minimum Gasteiger partial charge on any atom is -0.383 e. The molecule has 0 bridgehead atoms. The van der Waals surface area contributed by atoms with Crippen molar-refractivity contribution in [3.05, 3.63) is 70.1 Å². The highest BCUT2D eigenvalue weighted by Crippen LogP contribution is 2.37. The van der Waals surface area contributed by atoms with Crippen LogP contribution in [0.1, 0.15) is 27.7 Å². The Labute approximate surface area is 117 Å². The highest BCUT2D eigenvalue weighted by atomic mass is 32.1. The lowest BCUT2D eigenvalue weighted by Crippen LogP contribution is -1.98. The summed E-state index contributed by atoms with van der Waals surface area (Å²) in [7, 11) is 0. The maximum atomic E-state index is 10.6. The van der Waals surface area contributed by atoms with E-state index in [-0.39, 0.29) is 0 Å². The lowest BCUT2D eigenvalue weighted by Gasteiger charge is -2.10. The zero-order chi connectivity index (χ0) is 13.4. The zero-order valence-electron chi connectivity index (χ0n) is 11.1. The third-order valence-electron chi connectivity index (χ3n) is 3.49. The van der Waals surface area contributed by atoms with Gasteiger partial charge >= 0.3 is 0 Å². The molecule has 2 aromatic carbocycles. The van der Waals surface area contributed by atoms with E-state index in [9.17, 15) is 5.11 Å². The van der Waals surface area contributed by atoms with Crippen LogP contribution in [0.2, 0.25) is 0 Å². The summed E-state index contributed by atoms with van der Waals surface area (Å²) in [6.07, 6.45) is -0.529. The summed E-state index contributed by atoms with van der Waals surface area (Å²) < 4.78 is 1.24. The first-order valence-corrected chi connectivity index (χ1v) is 7.21. The van der Waals surface area contributed by atoms with E-state index in [4.69, 9.17) is 0 Å². The Morgan fingerprint density at radius 2 is 1.74 bits per heavy atom. The maximum Gasteiger partial charge on any atom is 0.113 e. The molecule has 0 radical (unpaired) electrons. The molecule has 96 valence electrons. The summed E-state index contributed by atoms with van der Waals surface area (Å²) in [6, 6.07) is 16.3. The Bertz CT molecular complexity index is 713. The number of hydrogen-bond donors (Lipinski definition) is 1. The molecule has 3 aromatic rings. The lowest BCUT2D eigenvalue weighted by molar-refractivity contribution is 0.223. The van der Waals surface area contributed by atoms with Gasteiger partial charge in [-0.2, -0.15) is 0 Å². The molecule has 19 heavy (non-hydrogen) atoms. The number of aliphatic hydroxyl groups excluding tert-OH is 1. The first kappa shape index (κ1) is 12.4. The summed E-state index contributed by atoms with van der Waals surface area (Å²) in [4.78, 5) is 1.05. The van der Waals surface area contributed by atoms with Crippen LogP contribution in [0.3, 0.4) is 0 Å². The Kier molecular flexibility index (Phi) is 3.13. The SMILES string of the molecule is Cc1ccc2sc(C(O)c3ccccc3)c(C)c2c1. The molecule has 1 unspecified atom stereocenters. The number of rotatable bonds is 2. The highest BCUT2D eigenvalue weighted by Gasteiger charge is 2.17. The number of aryl methyl sites for hydroxylation is 2. The second-order valence-electron chi connectivity index (χ2n) is 4.90. The molecule has 0 spiro atoms. The number of fused-ring (bicyclic) bond motifs is 1. The topological polar surface area (TPSA) is 20.2 Å². The quantitative estimate of drug-likeness (QED) is 0.720. The largest absolute Gasteiger partial charge is 0.383 e. The number of thiophene rings is 1. The highest BCUT2D eigenvalue weighted by molar-refractivity contribution is 7.19. The molecular weight excluding hydrogens is 252 g/mol. The minimum absolute atomic E-state index is 0.529. The van der Waals surface area contributed by atoms with Crippen LogP contribution in [0, 0.1) is 13.8 Å². The van der Waals surface area contributed by atoms with E-state index in [1.54, 1.807) is 11.3 Å². The summed E-state index contributed by atoms with van der Waals surface area (Å²) in [5.74, 6) is 0. The Morgan fingerprint density at radius 1 is 1.00 bits per heavy atom. The van der Waals surface area contributed by atoms with Gasteiger partial charge in [-0.25, -0.2) is 0 Å². The van der Waals surface area contributed by atoms with E-state index in [0.717, 1.165) is 10.4 Å². The predicted octanol–water partition coefficient (Wildman–Crippen LogP) is 4.60. The molecule has 0 aliphatic carbocycles. The molecule has 2 heteroatoms. The molecule has 3 rings (SSSR count). The van der Waals surface area contributed by atoms with Gasteiger partial charge in [0.2, 0.25) is 0 Å². The van der Waals surface area contributed by atoms with Crippen molar-refractivity contribution in [3.8, 4) is 0 Å². The molecule has 0 aliphatic rings. The van der Waals surface area contributed by atoms with Crippen molar-refractivity contribution >= 4 is 21.4 Å². The normalized spacial score (nSPS) is 12.8. The molecule has 1 N–H and O–H groups in total. The van der Waals surface area contributed by atoms with Crippen molar-refractivity contribution in [3.63, 3.8) is 0 Å². The first-order valence-electron chi connectivity index (χ1n) is 6.39. The van der Waals surface area contributed by atoms with Crippen LogP contribution in [0.15, 0.2) is 48.5 Å². The molecule has 0 amide bonds. The molecular formula is C17H16OS. The van der Waals surface area contributed by atoms with Crippen LogP contribution in [-0.4, -0.2) is 5.11 Å². The summed E-state index contributed by atoms with van der Waals surface area (Å²) in [6.45, 7) is 4.20. The van der Waals surface area contributed by atoms with Gasteiger partial charge in [0.1, 0.15) is 6.10 Å². The molecule has 1 atom stereocenters. The van der Waals surface area contributed by atoms with Crippen LogP contribution in [0.25, 0.3) is 10.1 Å². The number of hydrogen-bond acceptors (Lipinski definition) is 2. The van der Waals surface area contributed by atoms with Gasteiger partial charge < -0.3 is 5.11 Å². The van der Waals surface area contributed by atoms with Crippen LogP contribution in [0.4, 0.5) is 0 Å². The fraction of sp³-hybridized carbons (Fsp3) is 0.176. The molecule has 1 nitrogen and oxygen atoms in total. The average Bonchev–Trinajstić information content (AvgIpc) is 2.76. The molecule has 1 heterocycles. The van der Waals surface area contributed by atoms with Gasteiger partial charge in [-0.1, -0.05) is 48.0 Å². The minimum atomic E-state index is -0.529. The Morgan fingerprint density at radius 3 is 2.47 bits per heavy atom. The third kappa shape index (κ3) is 2.18. The van der Waals surface area contributed by atoms with E-state index < -0.39 is 6.10 Å². The second kappa shape index (κ2) is 4.80. The number of aliphatic hydroxyl groups is 1. The van der Waals surface area contributed by atoms with Crippen LogP contribution < -0.4 is 0 Å². The standard InChI is InChI=1S/C17H16OS/c1-11-8-9-15-14(10-11)12(2)17(19-15)16(18)13-6-4-3-5-7-13/h3-10,16,18H,1-2H3. The van der Waals surface area contributed by atoms with Crippen molar-refractivity contribution in [1.82, 2.24) is 0 Å². The van der Waals surface area contributed by atoms with Crippen molar-refractivity contribution in [2.75, 3.05) is 0 Å². The number of benzene rings is 2. The van der Waals surface area contributed by atoms with Gasteiger partial charge in [-0.15, -0.1) is 11.3 Å². The smallest absolute Gasteiger partial charge is 0.113 e. The Hall–Kier alpha value is -1.64. The van der Waals surface area contributed by atoms with Crippen molar-refractivity contribution in [1.29, 1.82) is 0 Å². The van der Waals surface area contributed by atoms with E-state index in [0.29, 0.717) is 0 Å². The van der Waals surface area contributed by atoms with E-state index in [2.05, 4.69) is 32.0 Å². The molecule has 0 saturated carbocycles. The molecule has 0 fully saturated rings. The summed E-state index contributed by atoms with van der Waals surface area (Å²) in [5, 5.41) is 11.8. The molecule has 0 saturated heterocycles. The van der Waals surface area contributed by atoms with Crippen molar-refractivity contribution < 1.29 is 5.11 Å². The van der Waals surface area contributed by atoms with E-state index in [1.165, 1.54) is 21.2 Å². The van der Waals surface area contributed by atoms with E-state index >= 15 is 0 Å². The van der Waals surface area contributed by atoms with Gasteiger partial charge in [0.25, 0.3) is 0 Å². The van der Waals surface area contributed by atoms with Crippen LogP contribution in [0.5, 0.6) is 0 Å². The van der Waals surface area contributed by atoms with Crippen molar-refractivity contribution in [2.24, 2.45) is 0 Å². The van der Waals surface area contributed by atoms with Gasteiger partial charge in [-0.05, 0) is 36.4 Å². The maximum absolute atomic E-state index is 10.6. The predicted molar refractivity (Wildman–Crippen MR) is 81.8 cm³/mol. The third-order valence-corrected chi connectivity index (χ3v) is 4.82. The average molecular weight is 268 g/mol. The van der Waals surface area contributed by atoms with Crippen LogP contribution >= 0.6 is 11.3 Å². The summed E-state index contributed by atoms with van der Waals surface area (Å²) in [5.41, 5.74) is 3.41. The zero-order valence-corrected chi connectivity index (χ0v) is 11.9. The monoisotopic (exact) mass is 268 g/mol. The lowest BCUT2D eigenvalue weighted by atomic mass is 10.0. The van der Waals surface area contributed by atoms with E-state index in [1.807, 2.05) is 30.3 Å². The van der Waals surface area contributed by atoms with Gasteiger partial charge in [-0.3, -0.25) is 0 Å². The van der Waals surface area contributed by atoms with Crippen LogP contribution in [-0.2, 0) is 0 Å². The first-order chi connectivity index (χ1) is 9.16. The Balaban J connectivity index is 2.13. The summed E-state index contributed by atoms with van der Waals surface area (Å²) >= 11 is 1.69. The van der Waals surface area contributed by atoms with Gasteiger partial charge in [0, 0.05) is 9.58 Å². The van der Waals surface area contributed by atoms with Gasteiger partial charge in [0.15, 0.2) is 0 Å². The second-order valence-corrected chi connectivity index (χ2v) is 5.99. The van der Waals surface area contributed by atoms with Crippen molar-refractivity contribution in [2.45, 2.75) is 20.0 Å². The fourth-order valence-corrected chi connectivity index (χ4v) is 3.61. The molecule has 0 aliphatic heterocycles. The van der Waals surface area contributed by atoms with Gasteiger partial charge in [0.05, 0.1) is 0 Å². The molecule has 1 aromatic heterocycles.